The molecule has 0 unspecified atom stereocenters. The van der Waals surface area contributed by atoms with Gasteiger partial charge in [-0.1, -0.05) is 19.9 Å². The minimum Gasteiger partial charge on any atom is -0.444 e. The van der Waals surface area contributed by atoms with Crippen LogP contribution in [0, 0.1) is 0 Å². The van der Waals surface area contributed by atoms with E-state index >= 15 is 0 Å². The molecule has 0 bridgehead atoms. The number of aromatic nitrogens is 1. The number of ether oxygens (including phenoxy) is 1. The molecule has 0 saturated heterocycles. The number of hydrogen-bond donors (Lipinski definition) is 1. The lowest BCUT2D eigenvalue weighted by Gasteiger charge is -2.32. The zero-order valence-electron chi connectivity index (χ0n) is 13.2. The molecule has 0 radical (unpaired) electrons. The number of anilines is 1. The van der Waals surface area contributed by atoms with Crippen LogP contribution < -0.4 is 5.73 Å². The van der Waals surface area contributed by atoms with Crippen molar-refractivity contribution in [1.29, 1.82) is 0 Å². The summed E-state index contributed by atoms with van der Waals surface area (Å²) in [5, 5.41) is 0. The number of nitrogens with zero attached hydrogens (tertiary/aromatic N) is 2. The molecule has 1 heterocycles. The Morgan fingerprint density at radius 2 is 1.90 bits per heavy atom. The molecule has 0 aliphatic heterocycles. The first-order valence-electron chi connectivity index (χ1n) is 6.67. The van der Waals surface area contributed by atoms with Crippen LogP contribution in [-0.4, -0.2) is 35.2 Å². The van der Waals surface area contributed by atoms with Crippen molar-refractivity contribution < 1.29 is 9.53 Å². The highest BCUT2D eigenvalue weighted by Crippen LogP contribution is 2.24. The fraction of sp³-hybridized carbons (Fsp3) is 0.600. The Morgan fingerprint density at radius 3 is 2.35 bits per heavy atom. The van der Waals surface area contributed by atoms with E-state index in [4.69, 9.17) is 10.5 Å². The third-order valence-electron chi connectivity index (χ3n) is 2.91. The SMILES string of the molecule is CN(CC(C)(C)c1ccc(N)nc1)C(=O)OC(C)(C)C. The van der Waals surface area contributed by atoms with Crippen LogP contribution in [0.4, 0.5) is 10.6 Å². The second-order valence-electron chi connectivity index (χ2n) is 6.69. The Hall–Kier alpha value is -1.78. The fourth-order valence-electron chi connectivity index (χ4n) is 1.89. The normalized spacial score (nSPS) is 12.1. The van der Waals surface area contributed by atoms with Crippen molar-refractivity contribution in [1.82, 2.24) is 9.88 Å². The van der Waals surface area contributed by atoms with E-state index in [1.165, 1.54) is 0 Å². The van der Waals surface area contributed by atoms with E-state index in [0.717, 1.165) is 5.56 Å². The molecular formula is C15H25N3O2. The Balaban J connectivity index is 2.75. The third-order valence-corrected chi connectivity index (χ3v) is 2.91. The Bertz CT molecular complexity index is 461. The molecule has 1 aromatic heterocycles. The smallest absolute Gasteiger partial charge is 0.410 e. The second-order valence-corrected chi connectivity index (χ2v) is 6.69. The number of nitrogen functional groups attached to an aromatic ring is 1. The van der Waals surface area contributed by atoms with Crippen LogP contribution in [0.2, 0.25) is 0 Å². The van der Waals surface area contributed by atoms with Crippen LogP contribution in [0.25, 0.3) is 0 Å². The van der Waals surface area contributed by atoms with Gasteiger partial charge in [-0.3, -0.25) is 0 Å². The van der Waals surface area contributed by atoms with Gasteiger partial charge in [-0.25, -0.2) is 9.78 Å². The van der Waals surface area contributed by atoms with Crippen LogP contribution in [-0.2, 0) is 10.2 Å². The maximum Gasteiger partial charge on any atom is 0.410 e. The highest BCUT2D eigenvalue weighted by Gasteiger charge is 2.27. The first kappa shape index (κ1) is 16.3. The predicted molar refractivity (Wildman–Crippen MR) is 80.5 cm³/mol. The number of carbonyl (C=O) groups excluding carboxylic acids is 1. The third kappa shape index (κ3) is 4.72. The molecule has 0 aromatic carbocycles. The van der Waals surface area contributed by atoms with Crippen molar-refractivity contribution in [3.8, 4) is 0 Å². The van der Waals surface area contributed by atoms with Crippen molar-refractivity contribution >= 4 is 11.9 Å². The summed E-state index contributed by atoms with van der Waals surface area (Å²) in [6.07, 6.45) is 1.42. The van der Waals surface area contributed by atoms with Crippen molar-refractivity contribution in [2.75, 3.05) is 19.3 Å². The van der Waals surface area contributed by atoms with Gasteiger partial charge in [0.25, 0.3) is 0 Å². The number of amides is 1. The van der Waals surface area contributed by atoms with Gasteiger partial charge < -0.3 is 15.4 Å². The molecule has 1 aromatic rings. The zero-order valence-corrected chi connectivity index (χ0v) is 13.2. The molecule has 0 atom stereocenters. The average molecular weight is 279 g/mol. The molecule has 5 heteroatoms. The van der Waals surface area contributed by atoms with Gasteiger partial charge in [-0.15, -0.1) is 0 Å². The summed E-state index contributed by atoms with van der Waals surface area (Å²) in [4.78, 5) is 17.7. The molecule has 0 aliphatic carbocycles. The Kier molecular flexibility index (Phi) is 4.63. The van der Waals surface area contributed by atoms with E-state index in [2.05, 4.69) is 18.8 Å². The van der Waals surface area contributed by atoms with Crippen molar-refractivity contribution in [3.05, 3.63) is 23.9 Å². The van der Waals surface area contributed by atoms with Gasteiger partial charge in [-0.2, -0.15) is 0 Å². The monoisotopic (exact) mass is 279 g/mol. The molecular weight excluding hydrogens is 254 g/mol. The van der Waals surface area contributed by atoms with Crippen molar-refractivity contribution in [2.45, 2.75) is 45.6 Å². The molecule has 0 saturated carbocycles. The quantitative estimate of drug-likeness (QED) is 0.923. The van der Waals surface area contributed by atoms with E-state index in [0.29, 0.717) is 12.4 Å². The topological polar surface area (TPSA) is 68.5 Å². The summed E-state index contributed by atoms with van der Waals surface area (Å²) in [7, 11) is 1.74. The number of nitrogens with two attached hydrogens (primary N) is 1. The number of rotatable bonds is 3. The van der Waals surface area contributed by atoms with E-state index in [1.54, 1.807) is 24.2 Å². The highest BCUT2D eigenvalue weighted by atomic mass is 16.6. The van der Waals surface area contributed by atoms with E-state index in [-0.39, 0.29) is 11.5 Å². The van der Waals surface area contributed by atoms with Crippen LogP contribution in [0.15, 0.2) is 18.3 Å². The largest absolute Gasteiger partial charge is 0.444 e. The minimum absolute atomic E-state index is 0.230. The van der Waals surface area contributed by atoms with E-state index in [9.17, 15) is 4.79 Å². The maximum atomic E-state index is 12.0. The van der Waals surface area contributed by atoms with Gasteiger partial charge in [0.05, 0.1) is 0 Å². The van der Waals surface area contributed by atoms with Crippen molar-refractivity contribution in [3.63, 3.8) is 0 Å². The fourth-order valence-corrected chi connectivity index (χ4v) is 1.89. The van der Waals surface area contributed by atoms with Gasteiger partial charge in [0.1, 0.15) is 11.4 Å². The van der Waals surface area contributed by atoms with Crippen LogP contribution in [0.1, 0.15) is 40.2 Å². The summed E-state index contributed by atoms with van der Waals surface area (Å²) < 4.78 is 5.35. The average Bonchev–Trinajstić information content (AvgIpc) is 2.26. The lowest BCUT2D eigenvalue weighted by atomic mass is 9.85. The molecule has 112 valence electrons. The maximum absolute atomic E-state index is 12.0. The molecule has 20 heavy (non-hydrogen) atoms. The van der Waals surface area contributed by atoms with Crippen LogP contribution >= 0.6 is 0 Å². The van der Waals surface area contributed by atoms with Gasteiger partial charge in [0, 0.05) is 25.2 Å². The Morgan fingerprint density at radius 1 is 1.30 bits per heavy atom. The standard InChI is InChI=1S/C15H25N3O2/c1-14(2,3)20-13(19)18(6)10-15(4,5)11-7-8-12(16)17-9-11/h7-9H,10H2,1-6H3,(H2,16,17). The van der Waals surface area contributed by atoms with E-state index in [1.807, 2.05) is 26.8 Å². The number of pyridine rings is 1. The molecule has 0 spiro atoms. The summed E-state index contributed by atoms with van der Waals surface area (Å²) in [5.74, 6) is 0.491. The summed E-state index contributed by atoms with van der Waals surface area (Å²) in [6, 6.07) is 3.70. The van der Waals surface area contributed by atoms with Gasteiger partial charge >= 0.3 is 6.09 Å². The zero-order chi connectivity index (χ0) is 15.6. The number of likely N-dealkylation sites (N-methyl/N-ethyl adjacent to an activating group) is 1. The second kappa shape index (κ2) is 5.69. The lowest BCUT2D eigenvalue weighted by molar-refractivity contribution is 0.0268. The highest BCUT2D eigenvalue weighted by molar-refractivity contribution is 5.67. The van der Waals surface area contributed by atoms with Gasteiger partial charge in [-0.05, 0) is 32.4 Å². The Labute approximate surface area is 121 Å². The molecule has 2 N–H and O–H groups in total. The minimum atomic E-state index is -0.488. The van der Waals surface area contributed by atoms with Gasteiger partial charge in [0.2, 0.25) is 0 Å². The number of hydrogen-bond acceptors (Lipinski definition) is 4. The molecule has 5 nitrogen and oxygen atoms in total. The van der Waals surface area contributed by atoms with Crippen LogP contribution in [0.3, 0.4) is 0 Å². The molecule has 0 aliphatic rings. The van der Waals surface area contributed by atoms with Gasteiger partial charge in [0.15, 0.2) is 0 Å². The van der Waals surface area contributed by atoms with Crippen molar-refractivity contribution in [2.24, 2.45) is 0 Å². The summed E-state index contributed by atoms with van der Waals surface area (Å²) in [6.45, 7) is 10.2. The van der Waals surface area contributed by atoms with Crippen LogP contribution in [0.5, 0.6) is 0 Å². The first-order valence-corrected chi connectivity index (χ1v) is 6.67. The summed E-state index contributed by atoms with van der Waals surface area (Å²) in [5.41, 5.74) is 5.91. The predicted octanol–water partition coefficient (Wildman–Crippen LogP) is 2.81. The molecule has 0 fully saturated rings. The molecule has 1 rings (SSSR count). The lowest BCUT2D eigenvalue weighted by Crippen LogP contribution is -2.41. The summed E-state index contributed by atoms with van der Waals surface area (Å²) >= 11 is 0. The van der Waals surface area contributed by atoms with E-state index < -0.39 is 5.60 Å². The molecule has 1 amide bonds. The first-order chi connectivity index (χ1) is 9.01. The number of carbonyl (C=O) groups is 1.